The number of aryl methyl sites for hydroxylation is 2. The van der Waals surface area contributed by atoms with Crippen molar-refractivity contribution < 1.29 is 19.4 Å². The standard InChI is InChI=1S/C23H24BrNO4/c1-4-6-12-28-23(27)19-20(26)18-13-16(10-11-17(18)22(24)25-19)29-21-14(3)8-7-9-15(21)5-2/h7-11,13,26H,4-6,12H2,1-3H3. The highest BCUT2D eigenvalue weighted by atomic mass is 79.9. The predicted octanol–water partition coefficient (Wildman–Crippen LogP) is 6.32. The summed E-state index contributed by atoms with van der Waals surface area (Å²) < 4.78 is 11.8. The Morgan fingerprint density at radius 2 is 1.97 bits per heavy atom. The fourth-order valence-corrected chi connectivity index (χ4v) is 3.60. The second kappa shape index (κ2) is 9.27. The summed E-state index contributed by atoms with van der Waals surface area (Å²) in [5.41, 5.74) is 2.03. The number of esters is 1. The van der Waals surface area contributed by atoms with E-state index in [0.717, 1.165) is 36.1 Å². The van der Waals surface area contributed by atoms with Gasteiger partial charge in [0.25, 0.3) is 0 Å². The highest BCUT2D eigenvalue weighted by Gasteiger charge is 2.20. The van der Waals surface area contributed by atoms with Crippen LogP contribution in [0.4, 0.5) is 0 Å². The number of ether oxygens (including phenoxy) is 2. The van der Waals surface area contributed by atoms with E-state index in [4.69, 9.17) is 9.47 Å². The van der Waals surface area contributed by atoms with Crippen LogP contribution in [0.2, 0.25) is 0 Å². The lowest BCUT2D eigenvalue weighted by Gasteiger charge is -2.14. The van der Waals surface area contributed by atoms with Gasteiger partial charge in [0.2, 0.25) is 0 Å². The van der Waals surface area contributed by atoms with Gasteiger partial charge in [-0.3, -0.25) is 0 Å². The topological polar surface area (TPSA) is 68.7 Å². The molecule has 0 saturated carbocycles. The first-order valence-electron chi connectivity index (χ1n) is 9.71. The number of halogens is 1. The van der Waals surface area contributed by atoms with E-state index in [9.17, 15) is 9.90 Å². The van der Waals surface area contributed by atoms with Crippen LogP contribution in [-0.2, 0) is 11.2 Å². The summed E-state index contributed by atoms with van der Waals surface area (Å²) >= 11 is 3.39. The highest BCUT2D eigenvalue weighted by molar-refractivity contribution is 9.10. The zero-order valence-corrected chi connectivity index (χ0v) is 18.4. The van der Waals surface area contributed by atoms with E-state index in [-0.39, 0.29) is 11.4 Å². The van der Waals surface area contributed by atoms with Gasteiger partial charge in [0, 0.05) is 10.8 Å². The van der Waals surface area contributed by atoms with Crippen molar-refractivity contribution in [1.29, 1.82) is 0 Å². The van der Waals surface area contributed by atoms with E-state index in [1.807, 2.05) is 38.1 Å². The molecule has 2 aromatic carbocycles. The number of nitrogens with zero attached hydrogens (tertiary/aromatic N) is 1. The minimum Gasteiger partial charge on any atom is -0.505 e. The summed E-state index contributed by atoms with van der Waals surface area (Å²) in [5, 5.41) is 11.9. The van der Waals surface area contributed by atoms with E-state index in [2.05, 4.69) is 27.8 Å². The second-order valence-corrected chi connectivity index (χ2v) is 7.57. The number of benzene rings is 2. The molecular weight excluding hydrogens is 434 g/mol. The van der Waals surface area contributed by atoms with Crippen molar-refractivity contribution >= 4 is 32.7 Å². The summed E-state index contributed by atoms with van der Waals surface area (Å²) in [6, 6.07) is 11.4. The lowest BCUT2D eigenvalue weighted by atomic mass is 10.1. The van der Waals surface area contributed by atoms with Crippen molar-refractivity contribution in [2.75, 3.05) is 6.61 Å². The molecule has 0 bridgehead atoms. The molecular formula is C23H24BrNO4. The molecule has 0 aliphatic heterocycles. The molecule has 0 unspecified atom stereocenters. The van der Waals surface area contributed by atoms with Gasteiger partial charge in [0.05, 0.1) is 6.61 Å². The molecule has 0 spiro atoms. The summed E-state index contributed by atoms with van der Waals surface area (Å²) in [7, 11) is 0. The molecule has 152 valence electrons. The molecule has 6 heteroatoms. The van der Waals surface area contributed by atoms with Gasteiger partial charge in [0.1, 0.15) is 16.1 Å². The van der Waals surface area contributed by atoms with E-state index in [0.29, 0.717) is 27.7 Å². The molecule has 0 amide bonds. The number of carbonyl (C=O) groups is 1. The van der Waals surface area contributed by atoms with E-state index >= 15 is 0 Å². The second-order valence-electron chi connectivity index (χ2n) is 6.82. The van der Waals surface area contributed by atoms with Gasteiger partial charge >= 0.3 is 5.97 Å². The van der Waals surface area contributed by atoms with Gasteiger partial charge in [-0.1, -0.05) is 38.5 Å². The zero-order chi connectivity index (χ0) is 21.0. The number of carbonyl (C=O) groups excluding carboxylic acids is 1. The molecule has 29 heavy (non-hydrogen) atoms. The average Bonchev–Trinajstić information content (AvgIpc) is 2.72. The number of aromatic hydroxyl groups is 1. The van der Waals surface area contributed by atoms with Crippen molar-refractivity contribution in [3.8, 4) is 17.2 Å². The third-order valence-corrected chi connectivity index (χ3v) is 5.33. The molecule has 5 nitrogen and oxygen atoms in total. The molecule has 0 aliphatic rings. The number of para-hydroxylation sites is 1. The van der Waals surface area contributed by atoms with Crippen molar-refractivity contribution in [3.05, 3.63) is 57.8 Å². The Hall–Kier alpha value is -2.60. The molecule has 0 saturated heterocycles. The molecule has 0 atom stereocenters. The Labute approximate surface area is 178 Å². The van der Waals surface area contributed by atoms with Gasteiger partial charge in [-0.25, -0.2) is 9.78 Å². The van der Waals surface area contributed by atoms with Crippen molar-refractivity contribution in [2.24, 2.45) is 0 Å². The highest BCUT2D eigenvalue weighted by Crippen LogP contribution is 2.37. The fourth-order valence-electron chi connectivity index (χ4n) is 3.08. The average molecular weight is 458 g/mol. The maximum atomic E-state index is 12.3. The first kappa shape index (κ1) is 21.1. The Bertz CT molecular complexity index is 1050. The Morgan fingerprint density at radius 3 is 2.69 bits per heavy atom. The Kier molecular flexibility index (Phi) is 6.75. The third-order valence-electron chi connectivity index (χ3n) is 4.72. The number of unbranched alkanes of at least 4 members (excludes halogenated alkanes) is 1. The van der Waals surface area contributed by atoms with Crippen molar-refractivity contribution in [2.45, 2.75) is 40.0 Å². The molecule has 1 aromatic heterocycles. The first-order chi connectivity index (χ1) is 14.0. The van der Waals surface area contributed by atoms with E-state index < -0.39 is 5.97 Å². The van der Waals surface area contributed by atoms with Gasteiger partial charge in [-0.2, -0.15) is 0 Å². The summed E-state index contributed by atoms with van der Waals surface area (Å²) in [6.45, 7) is 6.38. The van der Waals surface area contributed by atoms with Gasteiger partial charge in [0.15, 0.2) is 11.4 Å². The number of hydrogen-bond donors (Lipinski definition) is 1. The fraction of sp³-hybridized carbons (Fsp3) is 0.304. The van der Waals surface area contributed by atoms with Crippen LogP contribution in [0.15, 0.2) is 41.0 Å². The SMILES string of the molecule is CCCCOC(=O)c1nc(Br)c2ccc(Oc3c(C)cccc3CC)cc2c1O. The van der Waals surface area contributed by atoms with Crippen molar-refractivity contribution in [3.63, 3.8) is 0 Å². The molecule has 3 rings (SSSR count). The molecule has 0 radical (unpaired) electrons. The minimum absolute atomic E-state index is 0.109. The van der Waals surface area contributed by atoms with Gasteiger partial charge < -0.3 is 14.6 Å². The molecule has 0 fully saturated rings. The van der Waals surface area contributed by atoms with Crippen molar-refractivity contribution in [1.82, 2.24) is 4.98 Å². The lowest BCUT2D eigenvalue weighted by Crippen LogP contribution is -2.09. The number of rotatable bonds is 7. The van der Waals surface area contributed by atoms with Crippen LogP contribution >= 0.6 is 15.9 Å². The number of hydrogen-bond acceptors (Lipinski definition) is 5. The lowest BCUT2D eigenvalue weighted by molar-refractivity contribution is 0.0489. The Balaban J connectivity index is 2.01. The summed E-state index contributed by atoms with van der Waals surface area (Å²) in [6.07, 6.45) is 2.52. The van der Waals surface area contributed by atoms with E-state index in [1.165, 1.54) is 0 Å². The maximum Gasteiger partial charge on any atom is 0.360 e. The number of fused-ring (bicyclic) bond motifs is 1. The number of aromatic nitrogens is 1. The van der Waals surface area contributed by atoms with Crippen LogP contribution in [-0.4, -0.2) is 22.7 Å². The normalized spacial score (nSPS) is 10.9. The monoisotopic (exact) mass is 457 g/mol. The smallest absolute Gasteiger partial charge is 0.360 e. The van der Waals surface area contributed by atoms with Crippen LogP contribution in [0, 0.1) is 6.92 Å². The molecule has 3 aromatic rings. The summed E-state index contributed by atoms with van der Waals surface area (Å²) in [5.74, 6) is 0.522. The third kappa shape index (κ3) is 4.53. The van der Waals surface area contributed by atoms with Crippen LogP contribution in [0.1, 0.15) is 48.3 Å². The minimum atomic E-state index is -0.642. The quantitative estimate of drug-likeness (QED) is 0.255. The molecule has 0 aliphatic carbocycles. The van der Waals surface area contributed by atoms with Crippen LogP contribution in [0.25, 0.3) is 10.8 Å². The Morgan fingerprint density at radius 1 is 1.17 bits per heavy atom. The molecule has 1 N–H and O–H groups in total. The summed E-state index contributed by atoms with van der Waals surface area (Å²) in [4.78, 5) is 16.5. The van der Waals surface area contributed by atoms with Crippen LogP contribution in [0.3, 0.4) is 0 Å². The maximum absolute atomic E-state index is 12.3. The first-order valence-corrected chi connectivity index (χ1v) is 10.5. The zero-order valence-electron chi connectivity index (χ0n) is 16.8. The predicted molar refractivity (Wildman–Crippen MR) is 117 cm³/mol. The van der Waals surface area contributed by atoms with Crippen LogP contribution in [0.5, 0.6) is 17.2 Å². The van der Waals surface area contributed by atoms with Gasteiger partial charge in [-0.05, 0) is 65.0 Å². The number of pyridine rings is 1. The molecule has 1 heterocycles. The largest absolute Gasteiger partial charge is 0.505 e. The van der Waals surface area contributed by atoms with Gasteiger partial charge in [-0.15, -0.1) is 0 Å². The van der Waals surface area contributed by atoms with E-state index in [1.54, 1.807) is 12.1 Å². The van der Waals surface area contributed by atoms with Crippen LogP contribution < -0.4 is 4.74 Å².